The van der Waals surface area contributed by atoms with E-state index in [0.29, 0.717) is 6.04 Å². The molecular formula is C19H27ClN2O2. The Bertz CT molecular complexity index is 631. The number of likely N-dealkylation sites (N-methyl/N-ethyl adjacent to an activating group) is 1. The Labute approximate surface area is 149 Å². The number of carbonyl (C=O) groups is 1. The predicted molar refractivity (Wildman–Crippen MR) is 96.7 cm³/mol. The minimum atomic E-state index is -0.448. The fourth-order valence-electron chi connectivity index (χ4n) is 4.23. The van der Waals surface area contributed by atoms with Gasteiger partial charge in [0, 0.05) is 29.6 Å². The molecule has 0 unspecified atom stereocenters. The van der Waals surface area contributed by atoms with E-state index in [1.165, 1.54) is 11.1 Å². The highest BCUT2D eigenvalue weighted by Gasteiger charge is 2.48. The summed E-state index contributed by atoms with van der Waals surface area (Å²) >= 11 is 6.18. The van der Waals surface area contributed by atoms with Gasteiger partial charge in [-0.1, -0.05) is 17.7 Å². The lowest BCUT2D eigenvalue weighted by Gasteiger charge is -2.44. The molecule has 1 amide bonds. The molecule has 0 saturated carbocycles. The normalized spacial score (nSPS) is 22.5. The molecule has 1 aromatic rings. The Kier molecular flexibility index (Phi) is 4.56. The molecule has 1 aromatic carbocycles. The average molecular weight is 351 g/mol. The van der Waals surface area contributed by atoms with Crippen LogP contribution in [0.1, 0.15) is 44.7 Å². The van der Waals surface area contributed by atoms with Gasteiger partial charge in [0.05, 0.1) is 0 Å². The van der Waals surface area contributed by atoms with Crippen molar-refractivity contribution >= 4 is 17.7 Å². The molecule has 0 radical (unpaired) electrons. The smallest absolute Gasteiger partial charge is 0.410 e. The number of benzene rings is 1. The van der Waals surface area contributed by atoms with Crippen molar-refractivity contribution in [3.63, 3.8) is 0 Å². The van der Waals surface area contributed by atoms with Crippen LogP contribution in [0.5, 0.6) is 0 Å². The molecule has 1 aliphatic heterocycles. The molecule has 1 N–H and O–H groups in total. The summed E-state index contributed by atoms with van der Waals surface area (Å²) in [5, 5.41) is 4.29. The number of hydrogen-bond donors (Lipinski definition) is 1. The van der Waals surface area contributed by atoms with Gasteiger partial charge in [0.2, 0.25) is 0 Å². The number of nitrogens with one attached hydrogen (secondary N) is 1. The topological polar surface area (TPSA) is 41.6 Å². The minimum Gasteiger partial charge on any atom is -0.444 e. The first-order valence-electron chi connectivity index (χ1n) is 8.69. The summed E-state index contributed by atoms with van der Waals surface area (Å²) in [6.45, 7) is 7.18. The molecule has 3 rings (SSSR count). The Hall–Kier alpha value is -1.26. The minimum absolute atomic E-state index is 0.0905. The van der Waals surface area contributed by atoms with Crippen molar-refractivity contribution in [1.82, 2.24) is 10.2 Å². The van der Waals surface area contributed by atoms with Gasteiger partial charge < -0.3 is 15.0 Å². The Morgan fingerprint density at radius 2 is 2.00 bits per heavy atom. The second kappa shape index (κ2) is 6.23. The molecule has 1 spiro atoms. The largest absolute Gasteiger partial charge is 0.444 e. The van der Waals surface area contributed by atoms with E-state index >= 15 is 0 Å². The van der Waals surface area contributed by atoms with Crippen LogP contribution in [0.15, 0.2) is 18.2 Å². The number of hydrogen-bond acceptors (Lipinski definition) is 3. The van der Waals surface area contributed by atoms with Gasteiger partial charge in [-0.15, -0.1) is 0 Å². The van der Waals surface area contributed by atoms with Crippen LogP contribution in [0.4, 0.5) is 4.79 Å². The summed E-state index contributed by atoms with van der Waals surface area (Å²) < 4.78 is 5.52. The van der Waals surface area contributed by atoms with Crippen LogP contribution in [-0.4, -0.2) is 42.8 Å². The molecular weight excluding hydrogens is 324 g/mol. The third-order valence-corrected chi connectivity index (χ3v) is 5.59. The van der Waals surface area contributed by atoms with Crippen LogP contribution >= 0.6 is 11.6 Å². The zero-order chi connectivity index (χ0) is 17.5. The number of nitrogens with zero attached hydrogens (tertiary/aromatic N) is 1. The quantitative estimate of drug-likeness (QED) is 0.838. The highest BCUT2D eigenvalue weighted by atomic mass is 35.5. The van der Waals surface area contributed by atoms with Crippen LogP contribution in [0, 0.1) is 0 Å². The lowest BCUT2D eigenvalue weighted by Crippen LogP contribution is -2.53. The van der Waals surface area contributed by atoms with E-state index in [4.69, 9.17) is 16.3 Å². The van der Waals surface area contributed by atoms with Gasteiger partial charge in [-0.3, -0.25) is 0 Å². The third-order valence-electron chi connectivity index (χ3n) is 5.35. The Balaban J connectivity index is 1.78. The molecule has 5 heteroatoms. The second-order valence-electron chi connectivity index (χ2n) is 7.97. The first kappa shape index (κ1) is 17.6. The number of likely N-dealkylation sites (tertiary alicyclic amines) is 1. The number of piperidine rings is 1. The van der Waals surface area contributed by atoms with E-state index in [0.717, 1.165) is 37.4 Å². The van der Waals surface area contributed by atoms with Gasteiger partial charge in [0.15, 0.2) is 0 Å². The molecule has 24 heavy (non-hydrogen) atoms. The maximum absolute atomic E-state index is 12.3. The second-order valence-corrected chi connectivity index (χ2v) is 8.41. The molecule has 0 bridgehead atoms. The van der Waals surface area contributed by atoms with Gasteiger partial charge in [-0.25, -0.2) is 4.79 Å². The van der Waals surface area contributed by atoms with E-state index in [1.54, 1.807) is 0 Å². The third kappa shape index (κ3) is 3.14. The number of amides is 1. The molecule has 1 heterocycles. The molecule has 4 nitrogen and oxygen atoms in total. The van der Waals surface area contributed by atoms with Crippen LogP contribution in [0.25, 0.3) is 0 Å². The van der Waals surface area contributed by atoms with Crippen molar-refractivity contribution in [2.45, 2.75) is 57.1 Å². The maximum Gasteiger partial charge on any atom is 0.410 e. The SMILES string of the molecule is CN[C@@H]1Cc2cc(Cl)ccc2C12CCN(C(=O)OC(C)(C)C)CC2. The van der Waals surface area contributed by atoms with Gasteiger partial charge in [-0.2, -0.15) is 0 Å². The highest BCUT2D eigenvalue weighted by molar-refractivity contribution is 6.30. The molecule has 132 valence electrons. The molecule has 1 fully saturated rings. The van der Waals surface area contributed by atoms with Crippen molar-refractivity contribution in [2.75, 3.05) is 20.1 Å². The molecule has 1 saturated heterocycles. The van der Waals surface area contributed by atoms with Crippen molar-refractivity contribution in [3.05, 3.63) is 34.3 Å². The molecule has 1 aliphatic carbocycles. The summed E-state index contributed by atoms with van der Waals surface area (Å²) in [4.78, 5) is 14.2. The number of rotatable bonds is 1. The molecule has 1 atom stereocenters. The predicted octanol–water partition coefficient (Wildman–Crippen LogP) is 3.75. The number of halogens is 1. The monoisotopic (exact) mass is 350 g/mol. The van der Waals surface area contributed by atoms with Crippen molar-refractivity contribution in [1.29, 1.82) is 0 Å². The zero-order valence-electron chi connectivity index (χ0n) is 15.0. The van der Waals surface area contributed by atoms with E-state index in [-0.39, 0.29) is 11.5 Å². The number of fused-ring (bicyclic) bond motifs is 2. The first-order valence-corrected chi connectivity index (χ1v) is 9.07. The van der Waals surface area contributed by atoms with E-state index in [9.17, 15) is 4.79 Å². The fourth-order valence-corrected chi connectivity index (χ4v) is 4.43. The Morgan fingerprint density at radius 3 is 2.58 bits per heavy atom. The average Bonchev–Trinajstić information content (AvgIpc) is 2.79. The Morgan fingerprint density at radius 1 is 1.33 bits per heavy atom. The van der Waals surface area contributed by atoms with E-state index in [1.807, 2.05) is 38.8 Å². The fraction of sp³-hybridized carbons (Fsp3) is 0.632. The summed E-state index contributed by atoms with van der Waals surface area (Å²) in [5.41, 5.74) is 2.38. The van der Waals surface area contributed by atoms with E-state index < -0.39 is 5.60 Å². The molecule has 2 aliphatic rings. The van der Waals surface area contributed by atoms with Crippen molar-refractivity contribution in [3.8, 4) is 0 Å². The van der Waals surface area contributed by atoms with Crippen LogP contribution in [0.3, 0.4) is 0 Å². The first-order chi connectivity index (χ1) is 11.2. The standard InChI is InChI=1S/C19H27ClN2O2/c1-18(2,3)24-17(23)22-9-7-19(8-10-22)15-6-5-14(20)11-13(15)12-16(19)21-4/h5-6,11,16,21H,7-10,12H2,1-4H3/t16-/m1/s1. The molecule has 0 aromatic heterocycles. The van der Waals surface area contributed by atoms with E-state index in [2.05, 4.69) is 17.4 Å². The van der Waals surface area contributed by atoms with Crippen molar-refractivity contribution < 1.29 is 9.53 Å². The van der Waals surface area contributed by atoms with Crippen LogP contribution in [0.2, 0.25) is 5.02 Å². The summed E-state index contributed by atoms with van der Waals surface area (Å²) in [6.07, 6.45) is 2.70. The number of ether oxygens (including phenoxy) is 1. The lowest BCUT2D eigenvalue weighted by atomic mass is 9.71. The summed E-state index contributed by atoms with van der Waals surface area (Å²) in [5.74, 6) is 0. The summed E-state index contributed by atoms with van der Waals surface area (Å²) in [6, 6.07) is 6.65. The lowest BCUT2D eigenvalue weighted by molar-refractivity contribution is 0.0149. The summed E-state index contributed by atoms with van der Waals surface area (Å²) in [7, 11) is 2.03. The highest BCUT2D eigenvalue weighted by Crippen LogP contribution is 2.47. The van der Waals surface area contributed by atoms with Gasteiger partial charge >= 0.3 is 6.09 Å². The maximum atomic E-state index is 12.3. The van der Waals surface area contributed by atoms with Gasteiger partial charge in [0.25, 0.3) is 0 Å². The van der Waals surface area contributed by atoms with Crippen molar-refractivity contribution in [2.24, 2.45) is 0 Å². The van der Waals surface area contributed by atoms with Crippen LogP contribution < -0.4 is 5.32 Å². The van der Waals surface area contributed by atoms with Crippen LogP contribution in [-0.2, 0) is 16.6 Å². The van der Waals surface area contributed by atoms with Gasteiger partial charge in [-0.05, 0) is 70.3 Å². The van der Waals surface area contributed by atoms with Gasteiger partial charge in [0.1, 0.15) is 5.60 Å². The zero-order valence-corrected chi connectivity index (χ0v) is 15.7. The number of carbonyl (C=O) groups excluding carboxylic acids is 1.